The fourth-order valence-corrected chi connectivity index (χ4v) is 4.71. The molecular formula is C21H18F5N3O2S. The zero-order chi connectivity index (χ0) is 23.9. The van der Waals surface area contributed by atoms with E-state index in [2.05, 4.69) is 9.98 Å². The van der Waals surface area contributed by atoms with Crippen LogP contribution in [0.5, 0.6) is 0 Å². The summed E-state index contributed by atoms with van der Waals surface area (Å²) in [4.78, 5) is 31.1. The number of nitrogens with two attached hydrogens (primary N) is 1. The summed E-state index contributed by atoms with van der Waals surface area (Å²) in [5.41, 5.74) is 3.22. The number of aromatic nitrogens is 1. The van der Waals surface area contributed by atoms with Crippen LogP contribution >= 0.6 is 11.8 Å². The minimum atomic E-state index is -4.58. The van der Waals surface area contributed by atoms with E-state index in [9.17, 15) is 22.8 Å². The van der Waals surface area contributed by atoms with E-state index in [1.54, 1.807) is 0 Å². The molecule has 2 amide bonds. The Balaban J connectivity index is 1.86. The van der Waals surface area contributed by atoms with Gasteiger partial charge in [-0.15, -0.1) is 0 Å². The number of primary amides is 1. The molecule has 170 valence electrons. The number of pyridine rings is 1. The molecule has 1 aliphatic heterocycles. The highest BCUT2D eigenvalue weighted by Crippen LogP contribution is 2.52. The molecule has 1 unspecified atom stereocenters. The zero-order valence-corrected chi connectivity index (χ0v) is 17.7. The molecule has 2 heterocycles. The van der Waals surface area contributed by atoms with Gasteiger partial charge < -0.3 is 5.73 Å². The summed E-state index contributed by atoms with van der Waals surface area (Å²) < 4.78 is 68.3. The Hall–Kier alpha value is -2.82. The molecule has 5 nitrogen and oxygen atoms in total. The first-order valence-corrected chi connectivity index (χ1v) is 10.2. The van der Waals surface area contributed by atoms with E-state index >= 15 is 8.78 Å². The minimum Gasteiger partial charge on any atom is -0.364 e. The van der Waals surface area contributed by atoms with Gasteiger partial charge in [-0.25, -0.2) is 4.99 Å². The number of alkyl halides is 5. The SMILES string of the molecule is C[C@H](CC1=NC(=O)C(C)(C(F)(F)c2ccnc(C(N)=O)c2)S1)c1ccccc1C(F)(F)F. The molecular weight excluding hydrogens is 453 g/mol. The maximum atomic E-state index is 15.3. The summed E-state index contributed by atoms with van der Waals surface area (Å²) in [5, 5.41) is 0.00540. The van der Waals surface area contributed by atoms with Crippen molar-refractivity contribution >= 4 is 28.6 Å². The van der Waals surface area contributed by atoms with Gasteiger partial charge >= 0.3 is 6.18 Å². The normalized spacial score (nSPS) is 20.2. The maximum absolute atomic E-state index is 15.3. The molecule has 0 aliphatic carbocycles. The lowest BCUT2D eigenvalue weighted by Crippen LogP contribution is -2.45. The number of carbonyl (C=O) groups is 2. The first-order chi connectivity index (χ1) is 14.8. The number of carbonyl (C=O) groups excluding carboxylic acids is 2. The van der Waals surface area contributed by atoms with E-state index < -0.39 is 45.7 Å². The topological polar surface area (TPSA) is 85.4 Å². The van der Waals surface area contributed by atoms with Crippen molar-refractivity contribution in [1.82, 2.24) is 4.98 Å². The van der Waals surface area contributed by atoms with E-state index in [1.165, 1.54) is 25.1 Å². The molecule has 0 saturated carbocycles. The number of aliphatic imine (C=N–C) groups is 1. The fraction of sp³-hybridized carbons (Fsp3) is 0.333. The Kier molecular flexibility index (Phi) is 6.16. The van der Waals surface area contributed by atoms with Gasteiger partial charge in [-0.2, -0.15) is 22.0 Å². The maximum Gasteiger partial charge on any atom is 0.416 e. The van der Waals surface area contributed by atoms with Crippen LogP contribution in [0.2, 0.25) is 0 Å². The molecule has 0 fully saturated rings. The van der Waals surface area contributed by atoms with Crippen molar-refractivity contribution in [3.63, 3.8) is 0 Å². The zero-order valence-electron chi connectivity index (χ0n) is 16.9. The average Bonchev–Trinajstić information content (AvgIpc) is 3.02. The van der Waals surface area contributed by atoms with Crippen LogP contribution in [0, 0.1) is 0 Å². The smallest absolute Gasteiger partial charge is 0.364 e. The third kappa shape index (κ3) is 4.25. The number of nitrogens with zero attached hydrogens (tertiary/aromatic N) is 2. The predicted molar refractivity (Wildman–Crippen MR) is 110 cm³/mol. The second-order valence-corrected chi connectivity index (χ2v) is 9.00. The standard InChI is InChI=1S/C21H18F5N3O2S/c1-11(13-5-3-4-6-14(13)21(24,25)26)9-16-29-18(31)19(2,32-16)20(22,23)12-7-8-28-15(10-12)17(27)30/h3-8,10-11H,9H2,1-2H3,(H2,27,30)/t11-,19?/m1/s1. The van der Waals surface area contributed by atoms with Gasteiger partial charge in [0.05, 0.1) is 10.6 Å². The highest BCUT2D eigenvalue weighted by molar-refractivity contribution is 8.16. The minimum absolute atomic E-state index is 0.00540. The molecule has 0 saturated heterocycles. The van der Waals surface area contributed by atoms with E-state index in [1.807, 2.05) is 0 Å². The monoisotopic (exact) mass is 471 g/mol. The molecule has 1 aromatic carbocycles. The average molecular weight is 471 g/mol. The highest BCUT2D eigenvalue weighted by Gasteiger charge is 2.60. The van der Waals surface area contributed by atoms with Crippen LogP contribution in [0.4, 0.5) is 22.0 Å². The Morgan fingerprint density at radius 3 is 2.47 bits per heavy atom. The number of hydrogen-bond acceptors (Lipinski definition) is 4. The van der Waals surface area contributed by atoms with Gasteiger partial charge in [0.1, 0.15) is 5.69 Å². The molecule has 32 heavy (non-hydrogen) atoms. The van der Waals surface area contributed by atoms with Crippen LogP contribution in [0.3, 0.4) is 0 Å². The lowest BCUT2D eigenvalue weighted by molar-refractivity contribution is -0.138. The second-order valence-electron chi connectivity index (χ2n) is 7.50. The Bertz CT molecular complexity index is 1100. The Morgan fingerprint density at radius 2 is 1.84 bits per heavy atom. The van der Waals surface area contributed by atoms with Crippen molar-refractivity contribution in [3.05, 3.63) is 65.0 Å². The van der Waals surface area contributed by atoms with Crippen LogP contribution in [0.25, 0.3) is 0 Å². The summed E-state index contributed by atoms with van der Waals surface area (Å²) in [5.74, 6) is -6.62. The summed E-state index contributed by atoms with van der Waals surface area (Å²) in [6, 6.07) is 6.74. The van der Waals surface area contributed by atoms with Crippen molar-refractivity contribution in [2.75, 3.05) is 0 Å². The Morgan fingerprint density at radius 1 is 1.19 bits per heavy atom. The number of hydrogen-bond donors (Lipinski definition) is 1. The lowest BCUT2D eigenvalue weighted by atomic mass is 9.93. The van der Waals surface area contributed by atoms with Gasteiger partial charge in [0, 0.05) is 18.2 Å². The van der Waals surface area contributed by atoms with Crippen molar-refractivity contribution in [2.45, 2.75) is 43.0 Å². The number of thioether (sulfide) groups is 1. The molecule has 1 aliphatic rings. The molecule has 11 heteroatoms. The van der Waals surface area contributed by atoms with E-state index in [0.29, 0.717) is 11.8 Å². The van der Waals surface area contributed by atoms with Gasteiger partial charge in [0.25, 0.3) is 17.7 Å². The van der Waals surface area contributed by atoms with Gasteiger partial charge in [-0.05, 0) is 36.6 Å². The summed E-state index contributed by atoms with van der Waals surface area (Å²) in [6.45, 7) is 2.52. The Labute approximate surface area is 184 Å². The van der Waals surface area contributed by atoms with E-state index in [0.717, 1.165) is 31.3 Å². The predicted octanol–water partition coefficient (Wildman–Crippen LogP) is 4.92. The van der Waals surface area contributed by atoms with Crippen molar-refractivity contribution in [3.8, 4) is 0 Å². The molecule has 1 aromatic heterocycles. The first-order valence-electron chi connectivity index (χ1n) is 9.38. The van der Waals surface area contributed by atoms with Crippen molar-refractivity contribution in [2.24, 2.45) is 10.7 Å². The summed E-state index contributed by atoms with van der Waals surface area (Å²) in [7, 11) is 0. The van der Waals surface area contributed by atoms with Crippen LogP contribution in [-0.2, 0) is 16.9 Å². The quantitative estimate of drug-likeness (QED) is 0.607. The highest BCUT2D eigenvalue weighted by atomic mass is 32.2. The lowest BCUT2D eigenvalue weighted by Gasteiger charge is -2.31. The summed E-state index contributed by atoms with van der Waals surface area (Å²) >= 11 is 0.506. The molecule has 2 atom stereocenters. The molecule has 0 spiro atoms. The van der Waals surface area contributed by atoms with Crippen molar-refractivity contribution in [1.29, 1.82) is 0 Å². The number of rotatable bonds is 6. The first kappa shape index (κ1) is 23.8. The largest absolute Gasteiger partial charge is 0.416 e. The van der Waals surface area contributed by atoms with E-state index in [-0.39, 0.29) is 22.7 Å². The van der Waals surface area contributed by atoms with Crippen LogP contribution in [0.1, 0.15) is 53.4 Å². The molecule has 0 radical (unpaired) electrons. The fourth-order valence-electron chi connectivity index (χ4n) is 3.40. The molecule has 3 rings (SSSR count). The number of halogens is 5. The number of benzene rings is 1. The van der Waals surface area contributed by atoms with Gasteiger partial charge in [-0.1, -0.05) is 36.9 Å². The second kappa shape index (κ2) is 8.27. The van der Waals surface area contributed by atoms with Gasteiger partial charge in [0.15, 0.2) is 4.75 Å². The number of amides is 2. The summed E-state index contributed by atoms with van der Waals surface area (Å²) in [6.07, 6.45) is -3.72. The van der Waals surface area contributed by atoms with Crippen molar-refractivity contribution < 1.29 is 31.5 Å². The molecule has 2 N–H and O–H groups in total. The van der Waals surface area contributed by atoms with Crippen LogP contribution in [0.15, 0.2) is 47.6 Å². The van der Waals surface area contributed by atoms with Gasteiger partial charge in [0.2, 0.25) is 0 Å². The van der Waals surface area contributed by atoms with Crippen LogP contribution in [-0.4, -0.2) is 26.6 Å². The van der Waals surface area contributed by atoms with Gasteiger partial charge in [-0.3, -0.25) is 14.6 Å². The molecule has 2 aromatic rings. The van der Waals surface area contributed by atoms with Crippen LogP contribution < -0.4 is 5.73 Å². The van der Waals surface area contributed by atoms with E-state index in [4.69, 9.17) is 5.73 Å². The third-order valence-electron chi connectivity index (χ3n) is 5.21. The third-order valence-corrected chi connectivity index (χ3v) is 6.54. The molecule has 0 bridgehead atoms.